The number of likely N-dealkylation sites (N-methyl/N-ethyl adjacent to an activating group) is 1. The van der Waals surface area contributed by atoms with Gasteiger partial charge in [0.15, 0.2) is 0 Å². The fraction of sp³-hybridized carbons (Fsp3) is 1.00. The Balaban J connectivity index is 2.22. The lowest BCUT2D eigenvalue weighted by Crippen LogP contribution is -2.49. The van der Waals surface area contributed by atoms with Gasteiger partial charge in [0, 0.05) is 12.1 Å². The lowest BCUT2D eigenvalue weighted by Gasteiger charge is -2.33. The SMILES string of the molecule is CCCCN[C@@H]1CCCC[C@@H]1NCC. The highest BCUT2D eigenvalue weighted by molar-refractivity contribution is 4.85. The van der Waals surface area contributed by atoms with Gasteiger partial charge in [0.2, 0.25) is 0 Å². The van der Waals surface area contributed by atoms with Crippen LogP contribution in [-0.4, -0.2) is 25.2 Å². The molecule has 0 unspecified atom stereocenters. The molecule has 0 aromatic heterocycles. The molecule has 0 amide bonds. The molecule has 84 valence electrons. The summed E-state index contributed by atoms with van der Waals surface area (Å²) in [5.74, 6) is 0. The average Bonchev–Trinajstić information content (AvgIpc) is 2.21. The van der Waals surface area contributed by atoms with Crippen LogP contribution in [0.15, 0.2) is 0 Å². The molecule has 2 nitrogen and oxygen atoms in total. The lowest BCUT2D eigenvalue weighted by molar-refractivity contribution is 0.287. The van der Waals surface area contributed by atoms with Crippen LogP contribution in [0.3, 0.4) is 0 Å². The van der Waals surface area contributed by atoms with Gasteiger partial charge in [-0.1, -0.05) is 33.1 Å². The molecule has 0 aliphatic heterocycles. The van der Waals surface area contributed by atoms with Crippen LogP contribution in [-0.2, 0) is 0 Å². The third-order valence-corrected chi connectivity index (χ3v) is 3.17. The van der Waals surface area contributed by atoms with Crippen LogP contribution >= 0.6 is 0 Å². The first-order valence-corrected chi connectivity index (χ1v) is 6.35. The summed E-state index contributed by atoms with van der Waals surface area (Å²) in [6.07, 6.45) is 8.15. The Morgan fingerprint density at radius 3 is 2.21 bits per heavy atom. The van der Waals surface area contributed by atoms with E-state index in [1.54, 1.807) is 0 Å². The van der Waals surface area contributed by atoms with Crippen LogP contribution in [0.5, 0.6) is 0 Å². The molecule has 0 heterocycles. The molecule has 14 heavy (non-hydrogen) atoms. The predicted octanol–water partition coefficient (Wildman–Crippen LogP) is 2.30. The molecular formula is C12H26N2. The molecule has 1 fully saturated rings. The number of nitrogens with one attached hydrogen (secondary N) is 2. The summed E-state index contributed by atoms with van der Waals surface area (Å²) in [6, 6.07) is 1.46. The van der Waals surface area contributed by atoms with Crippen LogP contribution in [0.2, 0.25) is 0 Å². The summed E-state index contributed by atoms with van der Waals surface area (Å²) < 4.78 is 0. The number of rotatable bonds is 6. The van der Waals surface area contributed by atoms with E-state index in [-0.39, 0.29) is 0 Å². The third-order valence-electron chi connectivity index (χ3n) is 3.17. The highest BCUT2D eigenvalue weighted by Crippen LogP contribution is 2.18. The van der Waals surface area contributed by atoms with E-state index in [2.05, 4.69) is 24.5 Å². The zero-order chi connectivity index (χ0) is 10.2. The minimum Gasteiger partial charge on any atom is -0.313 e. The highest BCUT2D eigenvalue weighted by Gasteiger charge is 2.22. The summed E-state index contributed by atoms with van der Waals surface area (Å²) in [7, 11) is 0. The van der Waals surface area contributed by atoms with Crippen molar-refractivity contribution in [1.29, 1.82) is 0 Å². The van der Waals surface area contributed by atoms with Gasteiger partial charge in [-0.25, -0.2) is 0 Å². The maximum absolute atomic E-state index is 3.69. The molecule has 1 saturated carbocycles. The molecule has 2 atom stereocenters. The second-order valence-corrected chi connectivity index (χ2v) is 4.36. The lowest BCUT2D eigenvalue weighted by atomic mass is 9.90. The minimum atomic E-state index is 0.727. The van der Waals surface area contributed by atoms with Crippen LogP contribution in [0.4, 0.5) is 0 Å². The van der Waals surface area contributed by atoms with Crippen molar-refractivity contribution in [3.05, 3.63) is 0 Å². The normalized spacial score (nSPS) is 27.9. The molecule has 0 saturated heterocycles. The van der Waals surface area contributed by atoms with E-state index in [9.17, 15) is 0 Å². The number of hydrogen-bond donors (Lipinski definition) is 2. The molecule has 0 aromatic carbocycles. The standard InChI is InChI=1S/C12H26N2/c1-3-5-10-14-12-9-7-6-8-11(12)13-4-2/h11-14H,3-10H2,1-2H3/t11-,12+/m0/s1. The molecule has 0 spiro atoms. The van der Waals surface area contributed by atoms with Crippen molar-refractivity contribution in [2.45, 2.75) is 64.5 Å². The van der Waals surface area contributed by atoms with Crippen molar-refractivity contribution in [3.63, 3.8) is 0 Å². The van der Waals surface area contributed by atoms with Crippen molar-refractivity contribution < 1.29 is 0 Å². The largest absolute Gasteiger partial charge is 0.313 e. The van der Waals surface area contributed by atoms with Crippen molar-refractivity contribution in [1.82, 2.24) is 10.6 Å². The van der Waals surface area contributed by atoms with Gasteiger partial charge in [-0.05, 0) is 32.4 Å². The van der Waals surface area contributed by atoms with E-state index >= 15 is 0 Å². The monoisotopic (exact) mass is 198 g/mol. The van der Waals surface area contributed by atoms with Crippen LogP contribution < -0.4 is 10.6 Å². The number of unbranched alkanes of at least 4 members (excludes halogenated alkanes) is 1. The average molecular weight is 198 g/mol. The fourth-order valence-electron chi connectivity index (χ4n) is 2.35. The van der Waals surface area contributed by atoms with E-state index in [0.29, 0.717) is 0 Å². The Labute approximate surface area is 88.8 Å². The van der Waals surface area contributed by atoms with Crippen LogP contribution in [0.1, 0.15) is 52.4 Å². The molecule has 1 aliphatic carbocycles. The summed E-state index contributed by atoms with van der Waals surface area (Å²) in [5, 5.41) is 7.29. The smallest absolute Gasteiger partial charge is 0.0221 e. The number of hydrogen-bond acceptors (Lipinski definition) is 2. The maximum atomic E-state index is 3.69. The maximum Gasteiger partial charge on any atom is 0.0221 e. The first-order valence-electron chi connectivity index (χ1n) is 6.35. The molecule has 1 rings (SSSR count). The summed E-state index contributed by atoms with van der Waals surface area (Å²) in [6.45, 7) is 6.77. The Bertz CT molecular complexity index is 134. The van der Waals surface area contributed by atoms with Crippen molar-refractivity contribution in [2.24, 2.45) is 0 Å². The van der Waals surface area contributed by atoms with Crippen LogP contribution in [0, 0.1) is 0 Å². The van der Waals surface area contributed by atoms with Gasteiger partial charge in [0.25, 0.3) is 0 Å². The van der Waals surface area contributed by atoms with Crippen molar-refractivity contribution >= 4 is 0 Å². The molecule has 2 N–H and O–H groups in total. The zero-order valence-electron chi connectivity index (χ0n) is 9.81. The molecule has 0 radical (unpaired) electrons. The van der Waals surface area contributed by atoms with Gasteiger partial charge in [-0.2, -0.15) is 0 Å². The van der Waals surface area contributed by atoms with E-state index < -0.39 is 0 Å². The molecule has 0 aromatic rings. The molecule has 2 heteroatoms. The van der Waals surface area contributed by atoms with Crippen molar-refractivity contribution in [2.75, 3.05) is 13.1 Å². The summed E-state index contributed by atoms with van der Waals surface area (Å²) in [5.41, 5.74) is 0. The Morgan fingerprint density at radius 1 is 1.00 bits per heavy atom. The summed E-state index contributed by atoms with van der Waals surface area (Å²) in [4.78, 5) is 0. The topological polar surface area (TPSA) is 24.1 Å². The first kappa shape index (κ1) is 12.0. The minimum absolute atomic E-state index is 0.727. The van der Waals surface area contributed by atoms with Gasteiger partial charge < -0.3 is 10.6 Å². The third kappa shape index (κ3) is 3.97. The van der Waals surface area contributed by atoms with E-state index in [0.717, 1.165) is 18.6 Å². The van der Waals surface area contributed by atoms with Crippen LogP contribution in [0.25, 0.3) is 0 Å². The summed E-state index contributed by atoms with van der Waals surface area (Å²) >= 11 is 0. The van der Waals surface area contributed by atoms with Crippen molar-refractivity contribution in [3.8, 4) is 0 Å². The van der Waals surface area contributed by atoms with Gasteiger partial charge in [0.1, 0.15) is 0 Å². The predicted molar refractivity (Wildman–Crippen MR) is 62.6 cm³/mol. The Hall–Kier alpha value is -0.0800. The van der Waals surface area contributed by atoms with Gasteiger partial charge in [0.05, 0.1) is 0 Å². The second-order valence-electron chi connectivity index (χ2n) is 4.36. The molecular weight excluding hydrogens is 172 g/mol. The van der Waals surface area contributed by atoms with E-state index in [1.165, 1.54) is 45.1 Å². The van der Waals surface area contributed by atoms with Gasteiger partial charge in [-0.15, -0.1) is 0 Å². The first-order chi connectivity index (χ1) is 6.88. The fourth-order valence-corrected chi connectivity index (χ4v) is 2.35. The van der Waals surface area contributed by atoms with E-state index in [1.807, 2.05) is 0 Å². The Morgan fingerprint density at radius 2 is 1.64 bits per heavy atom. The quantitative estimate of drug-likeness (QED) is 0.640. The Kier molecular flexibility index (Phi) is 6.20. The van der Waals surface area contributed by atoms with Gasteiger partial charge in [-0.3, -0.25) is 0 Å². The molecule has 1 aliphatic rings. The van der Waals surface area contributed by atoms with Gasteiger partial charge >= 0.3 is 0 Å². The van der Waals surface area contributed by atoms with E-state index in [4.69, 9.17) is 0 Å². The molecule has 0 bridgehead atoms. The highest BCUT2D eigenvalue weighted by atomic mass is 15.0. The zero-order valence-corrected chi connectivity index (χ0v) is 9.81. The second kappa shape index (κ2) is 7.24.